The van der Waals surface area contributed by atoms with Gasteiger partial charge in [-0.15, -0.1) is 0 Å². The van der Waals surface area contributed by atoms with E-state index in [-0.39, 0.29) is 0 Å². The lowest BCUT2D eigenvalue weighted by Gasteiger charge is -2.14. The van der Waals surface area contributed by atoms with Crippen LogP contribution in [0.2, 0.25) is 0 Å². The van der Waals surface area contributed by atoms with Crippen molar-refractivity contribution in [1.29, 1.82) is 0 Å². The molecule has 6 heteroatoms. The van der Waals surface area contributed by atoms with E-state index in [0.717, 1.165) is 28.1 Å². The van der Waals surface area contributed by atoms with Crippen LogP contribution < -0.4 is 19.5 Å². The molecule has 3 rings (SSSR count). The van der Waals surface area contributed by atoms with Crippen molar-refractivity contribution in [2.45, 2.75) is 13.8 Å². The molecule has 0 aliphatic rings. The van der Waals surface area contributed by atoms with Crippen molar-refractivity contribution >= 4 is 17.2 Å². The third-order valence-corrected chi connectivity index (χ3v) is 4.63. The van der Waals surface area contributed by atoms with Gasteiger partial charge in [-0.2, -0.15) is 4.37 Å². The summed E-state index contributed by atoms with van der Waals surface area (Å²) >= 11 is 1.41. The first kappa shape index (κ1) is 20.6. The van der Waals surface area contributed by atoms with Crippen LogP contribution in [0.1, 0.15) is 13.8 Å². The first-order valence-electron chi connectivity index (χ1n) is 8.74. The fourth-order valence-electron chi connectivity index (χ4n) is 2.69. The highest BCUT2D eigenvalue weighted by Gasteiger charge is 2.20. The lowest BCUT2D eigenvalue weighted by atomic mass is 10.0. The molecular weight excluding hydrogens is 360 g/mol. The molecule has 0 saturated carbocycles. The quantitative estimate of drug-likeness (QED) is 0.600. The Bertz CT molecular complexity index is 860. The van der Waals surface area contributed by atoms with Crippen LogP contribution in [0.15, 0.2) is 41.8 Å². The largest absolute Gasteiger partial charge is 0.497 e. The predicted molar refractivity (Wildman–Crippen MR) is 114 cm³/mol. The zero-order chi connectivity index (χ0) is 19.8. The van der Waals surface area contributed by atoms with Gasteiger partial charge >= 0.3 is 0 Å². The highest BCUT2D eigenvalue weighted by atomic mass is 32.1. The maximum Gasteiger partial charge on any atom is 0.170 e. The number of ether oxygens (including phenoxy) is 3. The Hall–Kier alpha value is -2.73. The zero-order valence-electron chi connectivity index (χ0n) is 16.6. The Morgan fingerprint density at radius 2 is 1.59 bits per heavy atom. The summed E-state index contributed by atoms with van der Waals surface area (Å²) in [5.41, 5.74) is 4.88. The molecule has 0 atom stereocenters. The van der Waals surface area contributed by atoms with E-state index in [2.05, 4.69) is 21.8 Å². The van der Waals surface area contributed by atoms with Crippen LogP contribution in [0.5, 0.6) is 17.2 Å². The summed E-state index contributed by atoms with van der Waals surface area (Å²) in [6.07, 6.45) is 0. The molecule has 0 radical (unpaired) electrons. The number of anilines is 1. The van der Waals surface area contributed by atoms with Crippen LogP contribution in [0.25, 0.3) is 22.4 Å². The minimum Gasteiger partial charge on any atom is -0.497 e. The molecule has 0 saturated heterocycles. The summed E-state index contributed by atoms with van der Waals surface area (Å²) in [5, 5.41) is 5.16. The van der Waals surface area contributed by atoms with Crippen molar-refractivity contribution in [3.8, 4) is 39.6 Å². The Morgan fingerprint density at radius 3 is 2.15 bits per heavy atom. The molecule has 2 aromatic carbocycles. The second-order valence-corrected chi connectivity index (χ2v) is 5.94. The summed E-state index contributed by atoms with van der Waals surface area (Å²) < 4.78 is 21.1. The monoisotopic (exact) mass is 386 g/mol. The molecule has 1 aromatic heterocycles. The van der Waals surface area contributed by atoms with E-state index in [9.17, 15) is 0 Å². The van der Waals surface area contributed by atoms with Crippen LogP contribution in [0.3, 0.4) is 0 Å². The van der Waals surface area contributed by atoms with Crippen LogP contribution in [0.4, 0.5) is 5.69 Å². The van der Waals surface area contributed by atoms with E-state index in [4.69, 9.17) is 14.2 Å². The molecule has 5 nitrogen and oxygen atoms in total. The molecule has 0 fully saturated rings. The van der Waals surface area contributed by atoms with Gasteiger partial charge in [0.15, 0.2) is 11.5 Å². The number of rotatable bonds is 6. The van der Waals surface area contributed by atoms with E-state index in [1.54, 1.807) is 27.4 Å². The van der Waals surface area contributed by atoms with Crippen molar-refractivity contribution in [1.82, 2.24) is 4.37 Å². The molecular formula is C21H26N2O3S. The smallest absolute Gasteiger partial charge is 0.170 e. The maximum atomic E-state index is 5.59. The number of methoxy groups -OCH3 is 3. The predicted octanol–water partition coefficient (Wildman–Crippen LogP) is 5.57. The summed E-state index contributed by atoms with van der Waals surface area (Å²) in [5.74, 6) is 1.95. The van der Waals surface area contributed by atoms with Gasteiger partial charge in [-0.1, -0.05) is 26.0 Å². The van der Waals surface area contributed by atoms with Gasteiger partial charge in [0, 0.05) is 29.7 Å². The molecule has 27 heavy (non-hydrogen) atoms. The van der Waals surface area contributed by atoms with Gasteiger partial charge in [0.25, 0.3) is 0 Å². The second-order valence-electron chi connectivity index (χ2n) is 5.31. The van der Waals surface area contributed by atoms with E-state index in [0.29, 0.717) is 17.2 Å². The molecule has 144 valence electrons. The molecule has 0 bridgehead atoms. The number of hydrogen-bond acceptors (Lipinski definition) is 6. The lowest BCUT2D eigenvalue weighted by Crippen LogP contribution is -1.96. The van der Waals surface area contributed by atoms with Crippen molar-refractivity contribution in [2.24, 2.45) is 0 Å². The fraction of sp³-hybridized carbons (Fsp3) is 0.286. The van der Waals surface area contributed by atoms with Crippen molar-refractivity contribution in [3.05, 3.63) is 41.8 Å². The molecule has 0 aliphatic heterocycles. The minimum atomic E-state index is 0.612. The third-order valence-electron chi connectivity index (χ3n) is 4.00. The first-order chi connectivity index (χ1) is 13.2. The van der Waals surface area contributed by atoms with Gasteiger partial charge in [0.05, 0.1) is 32.6 Å². The van der Waals surface area contributed by atoms with Gasteiger partial charge in [-0.3, -0.25) is 0 Å². The normalized spacial score (nSPS) is 9.85. The van der Waals surface area contributed by atoms with Crippen molar-refractivity contribution in [2.75, 3.05) is 33.7 Å². The Balaban J connectivity index is 0.00000126. The first-order valence-corrected chi connectivity index (χ1v) is 9.58. The van der Waals surface area contributed by atoms with Crippen molar-refractivity contribution < 1.29 is 14.2 Å². The molecule has 0 unspecified atom stereocenters. The summed E-state index contributed by atoms with van der Waals surface area (Å²) in [7, 11) is 6.77. The average Bonchev–Trinajstić information content (AvgIpc) is 3.23. The Morgan fingerprint density at radius 1 is 0.889 bits per heavy atom. The maximum absolute atomic E-state index is 5.59. The Kier molecular flexibility index (Phi) is 7.49. The van der Waals surface area contributed by atoms with Crippen LogP contribution >= 0.6 is 11.5 Å². The zero-order valence-corrected chi connectivity index (χ0v) is 17.4. The van der Waals surface area contributed by atoms with Crippen molar-refractivity contribution in [3.63, 3.8) is 0 Å². The fourth-order valence-corrected chi connectivity index (χ4v) is 3.39. The van der Waals surface area contributed by atoms with Gasteiger partial charge < -0.3 is 19.5 Å². The van der Waals surface area contributed by atoms with E-state index in [1.165, 1.54) is 11.5 Å². The average molecular weight is 387 g/mol. The molecule has 0 amide bonds. The highest BCUT2D eigenvalue weighted by Crippen LogP contribution is 2.44. The van der Waals surface area contributed by atoms with E-state index in [1.807, 2.05) is 44.5 Å². The Labute approximate surface area is 165 Å². The van der Waals surface area contributed by atoms with E-state index >= 15 is 0 Å². The lowest BCUT2D eigenvalue weighted by molar-refractivity contribution is 0.350. The number of aromatic nitrogens is 1. The highest BCUT2D eigenvalue weighted by molar-refractivity contribution is 7.04. The van der Waals surface area contributed by atoms with Gasteiger partial charge in [0.1, 0.15) is 5.75 Å². The SMILES string of the molecule is CC.CNc1ccc(-c2csnc2-c2cc(OC)cc(OC)c2OC)cc1. The van der Waals surface area contributed by atoms with Gasteiger partial charge in [-0.25, -0.2) is 0 Å². The summed E-state index contributed by atoms with van der Waals surface area (Å²) in [6.45, 7) is 4.00. The van der Waals surface area contributed by atoms with E-state index < -0.39 is 0 Å². The van der Waals surface area contributed by atoms with Crippen LogP contribution in [-0.4, -0.2) is 32.8 Å². The molecule has 1 N–H and O–H groups in total. The standard InChI is InChI=1S/C19H20N2O3S.C2H6/c1-20-13-7-5-12(6-8-13)16-11-25-21-18(16)15-9-14(22-2)10-17(23-3)19(15)24-4;1-2/h5-11,20H,1-4H3;1-2H3. The third kappa shape index (κ3) is 4.34. The number of benzene rings is 2. The minimum absolute atomic E-state index is 0.612. The molecule has 0 spiro atoms. The molecule has 1 heterocycles. The molecule has 0 aliphatic carbocycles. The van der Waals surface area contributed by atoms with Crippen LogP contribution in [-0.2, 0) is 0 Å². The number of nitrogens with one attached hydrogen (secondary N) is 1. The van der Waals surface area contributed by atoms with Gasteiger partial charge in [-0.05, 0) is 35.3 Å². The molecule has 3 aromatic rings. The second kappa shape index (κ2) is 9.83. The topological polar surface area (TPSA) is 52.6 Å². The number of nitrogens with zero attached hydrogens (tertiary/aromatic N) is 1. The number of hydrogen-bond donors (Lipinski definition) is 1. The summed E-state index contributed by atoms with van der Waals surface area (Å²) in [6, 6.07) is 11.9. The van der Waals surface area contributed by atoms with Gasteiger partial charge in [0.2, 0.25) is 0 Å². The summed E-state index contributed by atoms with van der Waals surface area (Å²) in [4.78, 5) is 0. The van der Waals surface area contributed by atoms with Crippen LogP contribution in [0, 0.1) is 0 Å².